The first-order chi connectivity index (χ1) is 17.0. The number of aliphatic hydroxyl groups is 1. The molecule has 0 unspecified atom stereocenters. The molecule has 1 atom stereocenters. The minimum atomic E-state index is -0.790. The topological polar surface area (TPSA) is 70.5 Å². The second-order valence-electron chi connectivity index (χ2n) is 10.4. The van der Waals surface area contributed by atoms with E-state index in [1.807, 2.05) is 68.4 Å². The first kappa shape index (κ1) is 23.9. The number of aryl methyl sites for hydroxylation is 2. The van der Waals surface area contributed by atoms with Gasteiger partial charge in [-0.3, -0.25) is 14.5 Å². The molecule has 1 N–H and O–H groups in total. The standard InChI is InChI=1S/C30H28N2O3S/c1-17-6-9-20(10-7-17)26(33)24-25(19-11-13-21(14-12-19)30(3,4)5)32(28(35)27(24)34)29-31-22-15-8-18(2)16-23(22)36-29/h6-16,25,33H,1-5H3/t25-/m1/s1. The zero-order valence-electron chi connectivity index (χ0n) is 21.0. The molecule has 1 saturated heterocycles. The number of amides is 1. The summed E-state index contributed by atoms with van der Waals surface area (Å²) in [5.74, 6) is -1.59. The summed E-state index contributed by atoms with van der Waals surface area (Å²) < 4.78 is 0.937. The Balaban J connectivity index is 1.71. The van der Waals surface area contributed by atoms with Gasteiger partial charge in [-0.05, 0) is 48.1 Å². The van der Waals surface area contributed by atoms with Crippen LogP contribution in [0.25, 0.3) is 16.0 Å². The van der Waals surface area contributed by atoms with Gasteiger partial charge >= 0.3 is 5.91 Å². The lowest BCUT2D eigenvalue weighted by atomic mass is 9.85. The molecule has 5 rings (SSSR count). The number of fused-ring (bicyclic) bond motifs is 1. The van der Waals surface area contributed by atoms with E-state index in [-0.39, 0.29) is 16.7 Å². The van der Waals surface area contributed by atoms with Gasteiger partial charge in [0.25, 0.3) is 5.78 Å². The fourth-order valence-corrected chi connectivity index (χ4v) is 5.59. The Morgan fingerprint density at radius 3 is 2.19 bits per heavy atom. The Labute approximate surface area is 214 Å². The molecule has 6 heteroatoms. The highest BCUT2D eigenvalue weighted by Crippen LogP contribution is 2.44. The van der Waals surface area contributed by atoms with Gasteiger partial charge in [0.1, 0.15) is 5.76 Å². The Hall–Kier alpha value is -3.77. The number of ketones is 1. The molecular weight excluding hydrogens is 468 g/mol. The monoisotopic (exact) mass is 496 g/mol. The van der Waals surface area contributed by atoms with E-state index < -0.39 is 17.7 Å². The summed E-state index contributed by atoms with van der Waals surface area (Å²) in [7, 11) is 0. The average molecular weight is 497 g/mol. The van der Waals surface area contributed by atoms with Crippen molar-refractivity contribution in [2.24, 2.45) is 0 Å². The van der Waals surface area contributed by atoms with Crippen molar-refractivity contribution in [3.8, 4) is 0 Å². The third-order valence-corrected chi connectivity index (χ3v) is 7.62. The molecule has 1 aromatic heterocycles. The number of carbonyl (C=O) groups excluding carboxylic acids is 2. The molecule has 3 aromatic carbocycles. The molecule has 1 aliphatic heterocycles. The molecule has 4 aromatic rings. The maximum atomic E-state index is 13.5. The summed E-state index contributed by atoms with van der Waals surface area (Å²) in [6.45, 7) is 10.4. The van der Waals surface area contributed by atoms with E-state index in [1.165, 1.54) is 16.2 Å². The number of rotatable bonds is 3. The molecule has 1 amide bonds. The lowest BCUT2D eigenvalue weighted by molar-refractivity contribution is -0.132. The number of anilines is 1. The van der Waals surface area contributed by atoms with E-state index in [1.54, 1.807) is 12.1 Å². The van der Waals surface area contributed by atoms with Crippen LogP contribution in [0, 0.1) is 13.8 Å². The van der Waals surface area contributed by atoms with Gasteiger partial charge in [0.2, 0.25) is 0 Å². The van der Waals surface area contributed by atoms with Gasteiger partial charge in [0.15, 0.2) is 5.13 Å². The van der Waals surface area contributed by atoms with E-state index in [4.69, 9.17) is 4.98 Å². The fraction of sp³-hybridized carbons (Fsp3) is 0.233. The highest BCUT2D eigenvalue weighted by Gasteiger charge is 2.48. The van der Waals surface area contributed by atoms with Crippen molar-refractivity contribution in [2.45, 2.75) is 46.1 Å². The van der Waals surface area contributed by atoms with E-state index in [0.717, 1.165) is 32.5 Å². The van der Waals surface area contributed by atoms with Crippen molar-refractivity contribution in [1.82, 2.24) is 4.98 Å². The summed E-state index contributed by atoms with van der Waals surface area (Å²) in [4.78, 5) is 33.0. The van der Waals surface area contributed by atoms with Crippen LogP contribution in [-0.4, -0.2) is 21.8 Å². The van der Waals surface area contributed by atoms with Crippen LogP contribution in [0.1, 0.15) is 54.6 Å². The number of nitrogens with zero attached hydrogens (tertiary/aromatic N) is 2. The van der Waals surface area contributed by atoms with Crippen LogP contribution < -0.4 is 4.90 Å². The Morgan fingerprint density at radius 2 is 1.56 bits per heavy atom. The number of Topliss-reactive ketones (excluding diaryl/α,β-unsaturated/α-hetero) is 1. The number of benzene rings is 3. The Bertz CT molecular complexity index is 1520. The van der Waals surface area contributed by atoms with Crippen LogP contribution in [0.4, 0.5) is 5.13 Å². The van der Waals surface area contributed by atoms with Gasteiger partial charge < -0.3 is 5.11 Å². The summed E-state index contributed by atoms with van der Waals surface area (Å²) in [5.41, 5.74) is 5.29. The number of aliphatic hydroxyl groups excluding tert-OH is 1. The predicted octanol–water partition coefficient (Wildman–Crippen LogP) is 6.84. The second-order valence-corrected chi connectivity index (χ2v) is 11.4. The molecule has 5 nitrogen and oxygen atoms in total. The molecule has 1 aliphatic rings. The number of carbonyl (C=O) groups is 2. The van der Waals surface area contributed by atoms with Crippen molar-refractivity contribution in [3.05, 3.63) is 100 Å². The molecule has 2 heterocycles. The molecule has 36 heavy (non-hydrogen) atoms. The highest BCUT2D eigenvalue weighted by molar-refractivity contribution is 7.22. The predicted molar refractivity (Wildman–Crippen MR) is 145 cm³/mol. The van der Waals surface area contributed by atoms with Crippen molar-refractivity contribution >= 4 is 44.1 Å². The van der Waals surface area contributed by atoms with Gasteiger partial charge in [-0.1, -0.05) is 92.3 Å². The number of hydrogen-bond donors (Lipinski definition) is 1. The highest BCUT2D eigenvalue weighted by atomic mass is 32.1. The minimum absolute atomic E-state index is 0.0485. The maximum absolute atomic E-state index is 13.5. The molecule has 0 aliphatic carbocycles. The summed E-state index contributed by atoms with van der Waals surface area (Å²) in [6.07, 6.45) is 0. The van der Waals surface area contributed by atoms with Gasteiger partial charge in [-0.2, -0.15) is 0 Å². The lowest BCUT2D eigenvalue weighted by Crippen LogP contribution is -2.29. The van der Waals surface area contributed by atoms with Crippen molar-refractivity contribution in [2.75, 3.05) is 4.90 Å². The van der Waals surface area contributed by atoms with Crippen molar-refractivity contribution < 1.29 is 14.7 Å². The Morgan fingerprint density at radius 1 is 0.917 bits per heavy atom. The number of hydrogen-bond acceptors (Lipinski definition) is 5. The fourth-order valence-electron chi connectivity index (χ4n) is 4.50. The Kier molecular flexibility index (Phi) is 5.80. The quantitative estimate of drug-likeness (QED) is 0.192. The van der Waals surface area contributed by atoms with Crippen LogP contribution >= 0.6 is 11.3 Å². The second kappa shape index (κ2) is 8.71. The summed E-state index contributed by atoms with van der Waals surface area (Å²) in [5, 5.41) is 11.8. The third-order valence-electron chi connectivity index (χ3n) is 6.60. The van der Waals surface area contributed by atoms with Gasteiger partial charge in [0.05, 0.1) is 21.8 Å². The molecule has 0 radical (unpaired) electrons. The summed E-state index contributed by atoms with van der Waals surface area (Å²) >= 11 is 1.37. The molecule has 182 valence electrons. The van der Waals surface area contributed by atoms with Crippen molar-refractivity contribution in [3.63, 3.8) is 0 Å². The zero-order valence-corrected chi connectivity index (χ0v) is 21.8. The van der Waals surface area contributed by atoms with Crippen LogP contribution in [-0.2, 0) is 15.0 Å². The normalized spacial score (nSPS) is 17.8. The van der Waals surface area contributed by atoms with Crippen LogP contribution in [0.3, 0.4) is 0 Å². The largest absolute Gasteiger partial charge is 0.507 e. The SMILES string of the molecule is Cc1ccc(C(O)=C2C(=O)C(=O)N(c3nc4ccc(C)cc4s3)[C@@H]2c2ccc(C(C)(C)C)cc2)cc1. The molecule has 0 bridgehead atoms. The van der Waals surface area contributed by atoms with Crippen LogP contribution in [0.15, 0.2) is 72.3 Å². The van der Waals surface area contributed by atoms with E-state index in [2.05, 4.69) is 20.8 Å². The number of thiazole rings is 1. The molecule has 1 fully saturated rings. The molecular formula is C30H28N2O3S. The molecule has 0 spiro atoms. The lowest BCUT2D eigenvalue weighted by Gasteiger charge is -2.24. The van der Waals surface area contributed by atoms with Crippen molar-refractivity contribution in [1.29, 1.82) is 0 Å². The van der Waals surface area contributed by atoms with Gasteiger partial charge in [-0.25, -0.2) is 4.98 Å². The number of aromatic nitrogens is 1. The maximum Gasteiger partial charge on any atom is 0.301 e. The zero-order chi connectivity index (χ0) is 25.8. The van der Waals surface area contributed by atoms with E-state index in [9.17, 15) is 14.7 Å². The van der Waals surface area contributed by atoms with E-state index >= 15 is 0 Å². The molecule has 0 saturated carbocycles. The third kappa shape index (κ3) is 4.11. The first-order valence-corrected chi connectivity index (χ1v) is 12.7. The van der Waals surface area contributed by atoms with Gasteiger partial charge in [0, 0.05) is 5.56 Å². The van der Waals surface area contributed by atoms with Crippen LogP contribution in [0.5, 0.6) is 0 Å². The minimum Gasteiger partial charge on any atom is -0.507 e. The van der Waals surface area contributed by atoms with Gasteiger partial charge in [-0.15, -0.1) is 0 Å². The summed E-state index contributed by atoms with van der Waals surface area (Å²) in [6, 6.07) is 20.3. The van der Waals surface area contributed by atoms with Crippen LogP contribution in [0.2, 0.25) is 0 Å². The first-order valence-electron chi connectivity index (χ1n) is 11.9. The van der Waals surface area contributed by atoms with E-state index in [0.29, 0.717) is 10.7 Å². The smallest absolute Gasteiger partial charge is 0.301 e. The average Bonchev–Trinajstić information content (AvgIpc) is 3.36.